The van der Waals surface area contributed by atoms with Crippen molar-refractivity contribution in [3.05, 3.63) is 35.6 Å². The minimum Gasteiger partial charge on any atom is -0.392 e. The summed E-state index contributed by atoms with van der Waals surface area (Å²) in [5.41, 5.74) is 3.77. The second-order valence-corrected chi connectivity index (χ2v) is 3.13. The molecule has 1 nitrogen and oxygen atoms in total. The molecule has 0 spiro atoms. The smallest absolute Gasteiger partial charge is 0.00641 e. The van der Waals surface area contributed by atoms with Gasteiger partial charge in [0.2, 0.25) is 0 Å². The maximum Gasteiger partial charge on any atom is 0.00641 e. The SMILES string of the molecule is C=C(C)/C(=C/C)C/C=C(/CC)NC. The average Bonchev–Trinajstić information content (AvgIpc) is 2.12. The first-order valence-electron chi connectivity index (χ1n) is 4.83. The zero-order valence-corrected chi connectivity index (χ0v) is 9.28. The van der Waals surface area contributed by atoms with Crippen LogP contribution in [-0.2, 0) is 0 Å². The highest BCUT2D eigenvalue weighted by Crippen LogP contribution is 2.13. The number of nitrogens with one attached hydrogen (secondary N) is 1. The van der Waals surface area contributed by atoms with Crippen molar-refractivity contribution in [3.63, 3.8) is 0 Å². The molecule has 13 heavy (non-hydrogen) atoms. The molecular formula is C12H21N. The van der Waals surface area contributed by atoms with E-state index >= 15 is 0 Å². The molecule has 0 bridgehead atoms. The third-order valence-electron chi connectivity index (χ3n) is 2.17. The molecule has 0 aliphatic carbocycles. The average molecular weight is 179 g/mol. The lowest BCUT2D eigenvalue weighted by atomic mass is 10.0. The summed E-state index contributed by atoms with van der Waals surface area (Å²) < 4.78 is 0. The molecule has 0 atom stereocenters. The number of hydrogen-bond acceptors (Lipinski definition) is 1. The Bertz CT molecular complexity index is 215. The molecular weight excluding hydrogens is 158 g/mol. The first-order chi connectivity index (χ1) is 6.15. The van der Waals surface area contributed by atoms with Crippen LogP contribution in [0, 0.1) is 0 Å². The molecule has 0 aliphatic rings. The Morgan fingerprint density at radius 1 is 1.46 bits per heavy atom. The summed E-state index contributed by atoms with van der Waals surface area (Å²) in [6.45, 7) is 10.2. The Kier molecular flexibility index (Phi) is 6.03. The van der Waals surface area contributed by atoms with Gasteiger partial charge in [0.25, 0.3) is 0 Å². The van der Waals surface area contributed by atoms with Gasteiger partial charge in [-0.15, -0.1) is 0 Å². The highest BCUT2D eigenvalue weighted by Gasteiger charge is 1.95. The number of rotatable bonds is 5. The Hall–Kier alpha value is -0.980. The van der Waals surface area contributed by atoms with Gasteiger partial charge in [-0.2, -0.15) is 0 Å². The van der Waals surface area contributed by atoms with Crippen LogP contribution < -0.4 is 5.32 Å². The first kappa shape index (κ1) is 12.0. The molecule has 0 radical (unpaired) electrons. The summed E-state index contributed by atoms with van der Waals surface area (Å²) in [5.74, 6) is 0. The quantitative estimate of drug-likeness (QED) is 0.638. The molecule has 74 valence electrons. The standard InChI is InChI=1S/C12H21N/c1-6-11(10(3)4)8-9-12(7-2)13-5/h6,9,13H,3,7-8H2,1-2,4-5H3/b11-6+,12-9-. The second kappa shape index (κ2) is 6.53. The van der Waals surface area contributed by atoms with Crippen LogP contribution >= 0.6 is 0 Å². The van der Waals surface area contributed by atoms with E-state index in [9.17, 15) is 0 Å². The van der Waals surface area contributed by atoms with Crippen molar-refractivity contribution in [1.29, 1.82) is 0 Å². The van der Waals surface area contributed by atoms with Crippen molar-refractivity contribution in [2.75, 3.05) is 7.05 Å². The van der Waals surface area contributed by atoms with E-state index in [0.717, 1.165) is 18.4 Å². The Morgan fingerprint density at radius 3 is 2.38 bits per heavy atom. The van der Waals surface area contributed by atoms with Crippen LogP contribution in [0.4, 0.5) is 0 Å². The molecule has 0 unspecified atom stereocenters. The lowest BCUT2D eigenvalue weighted by Gasteiger charge is -2.06. The number of hydrogen-bond donors (Lipinski definition) is 1. The predicted octanol–water partition coefficient (Wildman–Crippen LogP) is 3.41. The van der Waals surface area contributed by atoms with E-state index in [4.69, 9.17) is 0 Å². The summed E-state index contributed by atoms with van der Waals surface area (Å²) in [6.07, 6.45) is 6.39. The van der Waals surface area contributed by atoms with Crippen molar-refractivity contribution >= 4 is 0 Å². The lowest BCUT2D eigenvalue weighted by molar-refractivity contribution is 0.887. The topological polar surface area (TPSA) is 12.0 Å². The minimum atomic E-state index is 0.982. The van der Waals surface area contributed by atoms with Crippen molar-refractivity contribution in [1.82, 2.24) is 5.32 Å². The normalized spacial score (nSPS) is 12.9. The van der Waals surface area contributed by atoms with Crippen molar-refractivity contribution in [3.8, 4) is 0 Å². The fourth-order valence-electron chi connectivity index (χ4n) is 1.19. The van der Waals surface area contributed by atoms with Crippen LogP contribution in [0.15, 0.2) is 35.6 Å². The summed E-state index contributed by atoms with van der Waals surface area (Å²) >= 11 is 0. The summed E-state index contributed by atoms with van der Waals surface area (Å²) in [4.78, 5) is 0. The molecule has 0 aromatic heterocycles. The molecule has 0 fully saturated rings. The molecule has 1 N–H and O–H groups in total. The summed E-state index contributed by atoms with van der Waals surface area (Å²) in [7, 11) is 1.96. The van der Waals surface area contributed by atoms with Crippen molar-refractivity contribution in [2.45, 2.75) is 33.6 Å². The highest BCUT2D eigenvalue weighted by molar-refractivity contribution is 5.28. The minimum absolute atomic E-state index is 0.982. The zero-order valence-electron chi connectivity index (χ0n) is 9.28. The second-order valence-electron chi connectivity index (χ2n) is 3.13. The summed E-state index contributed by atoms with van der Waals surface area (Å²) in [5, 5.41) is 3.17. The van der Waals surface area contributed by atoms with Crippen molar-refractivity contribution in [2.24, 2.45) is 0 Å². The van der Waals surface area contributed by atoms with E-state index in [1.54, 1.807) is 0 Å². The van der Waals surface area contributed by atoms with E-state index in [2.05, 4.69) is 37.9 Å². The van der Waals surface area contributed by atoms with E-state index in [0.29, 0.717) is 0 Å². The Labute approximate surface area is 82.2 Å². The van der Waals surface area contributed by atoms with Gasteiger partial charge in [-0.05, 0) is 32.3 Å². The van der Waals surface area contributed by atoms with Gasteiger partial charge in [0.05, 0.1) is 0 Å². The van der Waals surface area contributed by atoms with E-state index in [-0.39, 0.29) is 0 Å². The van der Waals surface area contributed by atoms with Crippen LogP contribution in [0.2, 0.25) is 0 Å². The fourth-order valence-corrected chi connectivity index (χ4v) is 1.19. The highest BCUT2D eigenvalue weighted by atomic mass is 14.8. The van der Waals surface area contributed by atoms with E-state index < -0.39 is 0 Å². The molecule has 0 saturated carbocycles. The third kappa shape index (κ3) is 4.56. The van der Waals surface area contributed by atoms with Gasteiger partial charge in [0, 0.05) is 12.7 Å². The maximum atomic E-state index is 3.94. The van der Waals surface area contributed by atoms with Crippen LogP contribution in [-0.4, -0.2) is 7.05 Å². The van der Waals surface area contributed by atoms with Crippen molar-refractivity contribution < 1.29 is 0 Å². The van der Waals surface area contributed by atoms with Gasteiger partial charge in [-0.25, -0.2) is 0 Å². The Balaban J connectivity index is 4.27. The third-order valence-corrected chi connectivity index (χ3v) is 2.17. The maximum absolute atomic E-state index is 3.94. The molecule has 0 aromatic carbocycles. The predicted molar refractivity (Wildman–Crippen MR) is 60.6 cm³/mol. The molecule has 0 rings (SSSR count). The van der Waals surface area contributed by atoms with Gasteiger partial charge < -0.3 is 5.32 Å². The van der Waals surface area contributed by atoms with Gasteiger partial charge in [-0.3, -0.25) is 0 Å². The van der Waals surface area contributed by atoms with Gasteiger partial charge in [-0.1, -0.05) is 31.2 Å². The Morgan fingerprint density at radius 2 is 2.08 bits per heavy atom. The van der Waals surface area contributed by atoms with Crippen LogP contribution in [0.25, 0.3) is 0 Å². The number of allylic oxidation sites excluding steroid dienone is 5. The monoisotopic (exact) mass is 179 g/mol. The van der Waals surface area contributed by atoms with Gasteiger partial charge in [0.15, 0.2) is 0 Å². The van der Waals surface area contributed by atoms with E-state index in [1.807, 2.05) is 14.0 Å². The molecule has 1 heteroatoms. The van der Waals surface area contributed by atoms with Crippen LogP contribution in [0.5, 0.6) is 0 Å². The largest absolute Gasteiger partial charge is 0.392 e. The van der Waals surface area contributed by atoms with Gasteiger partial charge >= 0.3 is 0 Å². The van der Waals surface area contributed by atoms with E-state index in [1.165, 1.54) is 11.3 Å². The zero-order chi connectivity index (χ0) is 10.3. The molecule has 0 amide bonds. The van der Waals surface area contributed by atoms with Crippen LogP contribution in [0.1, 0.15) is 33.6 Å². The van der Waals surface area contributed by atoms with Crippen LogP contribution in [0.3, 0.4) is 0 Å². The molecule has 0 aliphatic heterocycles. The van der Waals surface area contributed by atoms with Gasteiger partial charge in [0.1, 0.15) is 0 Å². The molecule has 0 saturated heterocycles. The fraction of sp³-hybridized carbons (Fsp3) is 0.500. The molecule has 0 aromatic rings. The summed E-state index contributed by atoms with van der Waals surface area (Å²) in [6, 6.07) is 0. The molecule has 0 heterocycles. The lowest BCUT2D eigenvalue weighted by Crippen LogP contribution is -2.04. The first-order valence-corrected chi connectivity index (χ1v) is 4.83.